The van der Waals surface area contributed by atoms with Crippen LogP contribution in [-0.2, 0) is 17.9 Å². The molecule has 0 spiro atoms. The predicted octanol–water partition coefficient (Wildman–Crippen LogP) is 4.56. The Hall–Kier alpha value is -4.05. The molecule has 0 aliphatic heterocycles. The first kappa shape index (κ1) is 32.9. The maximum atomic E-state index is 13.7. The van der Waals surface area contributed by atoms with Crippen LogP contribution in [0.3, 0.4) is 0 Å². The lowest BCUT2D eigenvalue weighted by Gasteiger charge is -2.26. The first-order chi connectivity index (χ1) is 21.3. The van der Waals surface area contributed by atoms with Gasteiger partial charge in [-0.1, -0.05) is 68.4 Å². The van der Waals surface area contributed by atoms with Crippen LogP contribution in [0.25, 0.3) is 10.8 Å². The van der Waals surface area contributed by atoms with Gasteiger partial charge in [0.2, 0.25) is 5.91 Å². The minimum absolute atomic E-state index is 0.0876. The summed E-state index contributed by atoms with van der Waals surface area (Å²) in [6.07, 6.45) is 4.70. The molecule has 0 bridgehead atoms. The number of nitrogens with one attached hydrogen (secondary N) is 4. The van der Waals surface area contributed by atoms with E-state index in [-0.39, 0.29) is 24.5 Å². The molecule has 3 aromatic carbocycles. The molecule has 2 atom stereocenters. The number of fused-ring (bicyclic) bond motifs is 1. The molecule has 0 aliphatic carbocycles. The summed E-state index contributed by atoms with van der Waals surface area (Å²) in [6, 6.07) is 20.7. The maximum absolute atomic E-state index is 13.7. The van der Waals surface area contributed by atoms with Gasteiger partial charge in [0, 0.05) is 37.6 Å². The summed E-state index contributed by atoms with van der Waals surface area (Å²) in [6.45, 7) is 9.80. The average molecular weight is 599 g/mol. The van der Waals surface area contributed by atoms with E-state index < -0.39 is 6.04 Å². The van der Waals surface area contributed by atoms with Gasteiger partial charge >= 0.3 is 0 Å². The fraction of sp³-hybridized carbons (Fsp3) is 0.400. The fourth-order valence-electron chi connectivity index (χ4n) is 5.50. The van der Waals surface area contributed by atoms with Crippen LogP contribution in [0.15, 0.2) is 79.1 Å². The van der Waals surface area contributed by atoms with Gasteiger partial charge in [-0.25, -0.2) is 4.98 Å². The maximum Gasteiger partial charge on any atom is 0.251 e. The van der Waals surface area contributed by atoms with Crippen LogP contribution in [0.4, 0.5) is 0 Å². The highest BCUT2D eigenvalue weighted by Gasteiger charge is 2.24. The van der Waals surface area contributed by atoms with E-state index in [1.165, 1.54) is 0 Å². The number of aliphatic hydroxyl groups excluding tert-OH is 1. The first-order valence-corrected chi connectivity index (χ1v) is 15.5. The summed E-state index contributed by atoms with van der Waals surface area (Å²) >= 11 is 0. The zero-order chi connectivity index (χ0) is 31.3. The van der Waals surface area contributed by atoms with E-state index in [4.69, 9.17) is 0 Å². The third-order valence-electron chi connectivity index (χ3n) is 7.67. The van der Waals surface area contributed by atoms with Crippen molar-refractivity contribution in [3.63, 3.8) is 0 Å². The SMILES string of the molecule is CC(C)CN(CCO)CCC[C@H](NC(=O)c1ccc(CNCc2ncc[nH]2)cc1)C(=O)NC(C)c1cccc2ccccc12. The van der Waals surface area contributed by atoms with Gasteiger partial charge in [0.05, 0.1) is 19.2 Å². The third-order valence-corrected chi connectivity index (χ3v) is 7.67. The summed E-state index contributed by atoms with van der Waals surface area (Å²) in [4.78, 5) is 36.5. The van der Waals surface area contributed by atoms with Gasteiger partial charge in [-0.3, -0.25) is 9.59 Å². The number of hydrogen-bond acceptors (Lipinski definition) is 6. The number of amides is 2. The van der Waals surface area contributed by atoms with E-state index in [0.29, 0.717) is 44.0 Å². The molecular formula is C35H46N6O3. The van der Waals surface area contributed by atoms with Crippen LogP contribution in [0.2, 0.25) is 0 Å². The van der Waals surface area contributed by atoms with Crippen molar-refractivity contribution >= 4 is 22.6 Å². The van der Waals surface area contributed by atoms with E-state index in [2.05, 4.69) is 62.9 Å². The van der Waals surface area contributed by atoms with Crippen molar-refractivity contribution in [1.82, 2.24) is 30.8 Å². The summed E-state index contributed by atoms with van der Waals surface area (Å²) in [5, 5.41) is 21.2. The summed E-state index contributed by atoms with van der Waals surface area (Å²) in [5.41, 5.74) is 2.57. The Morgan fingerprint density at radius 1 is 0.932 bits per heavy atom. The standard InChI is InChI=1S/C35H46N6O3/c1-25(2)24-41(20-21-42)19-7-12-32(35(44)39-26(3)30-11-6-9-28-8-4-5-10-31(28)30)40-34(43)29-15-13-27(14-16-29)22-36-23-33-37-17-18-38-33/h4-6,8-11,13-18,25-26,32,36,42H,7,12,19-24H2,1-3H3,(H,37,38)(H,39,44)(H,40,43)/t26?,32-/m0/s1. The lowest BCUT2D eigenvalue weighted by molar-refractivity contribution is -0.123. The smallest absolute Gasteiger partial charge is 0.251 e. The van der Waals surface area contributed by atoms with Gasteiger partial charge in [0.15, 0.2) is 0 Å². The van der Waals surface area contributed by atoms with Crippen molar-refractivity contribution in [2.75, 3.05) is 26.2 Å². The minimum atomic E-state index is -0.704. The zero-order valence-electron chi connectivity index (χ0n) is 26.1. The predicted molar refractivity (Wildman–Crippen MR) is 175 cm³/mol. The van der Waals surface area contributed by atoms with E-state index in [0.717, 1.165) is 40.8 Å². The number of aromatic nitrogens is 2. The first-order valence-electron chi connectivity index (χ1n) is 15.5. The van der Waals surface area contributed by atoms with E-state index >= 15 is 0 Å². The van der Waals surface area contributed by atoms with Crippen LogP contribution >= 0.6 is 0 Å². The van der Waals surface area contributed by atoms with Crippen LogP contribution in [0.1, 0.15) is 67.0 Å². The molecule has 9 nitrogen and oxygen atoms in total. The second-order valence-corrected chi connectivity index (χ2v) is 11.7. The van der Waals surface area contributed by atoms with Crippen molar-refractivity contribution in [3.05, 3.63) is 102 Å². The molecule has 0 radical (unpaired) electrons. The number of nitrogens with zero attached hydrogens (tertiary/aromatic N) is 2. The number of hydrogen-bond donors (Lipinski definition) is 5. The van der Waals surface area contributed by atoms with Crippen LogP contribution in [0, 0.1) is 5.92 Å². The molecule has 0 aliphatic rings. The lowest BCUT2D eigenvalue weighted by Crippen LogP contribution is -2.47. The van der Waals surface area contributed by atoms with Crippen LogP contribution < -0.4 is 16.0 Å². The summed E-state index contributed by atoms with van der Waals surface area (Å²) < 4.78 is 0. The lowest BCUT2D eigenvalue weighted by atomic mass is 9.99. The zero-order valence-corrected chi connectivity index (χ0v) is 26.1. The topological polar surface area (TPSA) is 122 Å². The second-order valence-electron chi connectivity index (χ2n) is 11.7. The minimum Gasteiger partial charge on any atom is -0.395 e. The Morgan fingerprint density at radius 2 is 1.70 bits per heavy atom. The molecule has 9 heteroatoms. The molecular weight excluding hydrogens is 552 g/mol. The number of H-pyrrole nitrogens is 1. The second kappa shape index (κ2) is 16.7. The normalized spacial score (nSPS) is 12.9. The number of carbonyl (C=O) groups excluding carboxylic acids is 2. The Bertz CT molecular complexity index is 1450. The molecule has 2 amide bonds. The highest BCUT2D eigenvalue weighted by molar-refractivity contribution is 5.97. The number of rotatable bonds is 17. The third kappa shape index (κ3) is 9.74. The van der Waals surface area contributed by atoms with Gasteiger partial charge in [-0.15, -0.1) is 0 Å². The molecule has 5 N–H and O–H groups in total. The Balaban J connectivity index is 1.41. The molecule has 44 heavy (non-hydrogen) atoms. The molecule has 1 aromatic heterocycles. The van der Waals surface area contributed by atoms with Gasteiger partial charge in [0.25, 0.3) is 5.91 Å². The van der Waals surface area contributed by atoms with Crippen LogP contribution in [-0.4, -0.2) is 64.1 Å². The van der Waals surface area contributed by atoms with Crippen molar-refractivity contribution in [1.29, 1.82) is 0 Å². The number of benzene rings is 3. The van der Waals surface area contributed by atoms with Gasteiger partial charge in [-0.05, 0) is 66.3 Å². The van der Waals surface area contributed by atoms with Crippen molar-refractivity contribution in [3.8, 4) is 0 Å². The van der Waals surface area contributed by atoms with Gasteiger partial charge in [0.1, 0.15) is 11.9 Å². The molecule has 4 rings (SSSR count). The van der Waals surface area contributed by atoms with E-state index in [1.54, 1.807) is 24.5 Å². The monoisotopic (exact) mass is 598 g/mol. The number of aliphatic hydroxyl groups is 1. The Kier molecular flexibility index (Phi) is 12.5. The van der Waals surface area contributed by atoms with E-state index in [1.807, 2.05) is 43.3 Å². The highest BCUT2D eigenvalue weighted by Crippen LogP contribution is 2.24. The molecule has 0 fully saturated rings. The number of aromatic amines is 1. The molecule has 1 heterocycles. The molecule has 0 saturated heterocycles. The van der Waals surface area contributed by atoms with Crippen molar-refractivity contribution in [2.45, 2.75) is 58.8 Å². The highest BCUT2D eigenvalue weighted by atomic mass is 16.3. The van der Waals surface area contributed by atoms with Gasteiger partial charge in [-0.2, -0.15) is 0 Å². The van der Waals surface area contributed by atoms with Gasteiger partial charge < -0.3 is 30.9 Å². The molecule has 0 saturated carbocycles. The number of carbonyl (C=O) groups is 2. The largest absolute Gasteiger partial charge is 0.395 e. The van der Waals surface area contributed by atoms with Crippen molar-refractivity contribution in [2.24, 2.45) is 5.92 Å². The summed E-state index contributed by atoms with van der Waals surface area (Å²) in [7, 11) is 0. The van der Waals surface area contributed by atoms with Crippen LogP contribution in [0.5, 0.6) is 0 Å². The molecule has 4 aromatic rings. The average Bonchev–Trinajstić information content (AvgIpc) is 3.54. The van der Waals surface area contributed by atoms with Crippen molar-refractivity contribution < 1.29 is 14.7 Å². The summed E-state index contributed by atoms with van der Waals surface area (Å²) in [5.74, 6) is 0.830. The Morgan fingerprint density at radius 3 is 2.43 bits per heavy atom. The molecule has 1 unspecified atom stereocenters. The fourth-order valence-corrected chi connectivity index (χ4v) is 5.50. The number of imidazole rings is 1. The molecule has 234 valence electrons. The Labute approximate surface area is 260 Å². The van der Waals surface area contributed by atoms with E-state index in [9.17, 15) is 14.7 Å². The quantitative estimate of drug-likeness (QED) is 0.122.